The van der Waals surface area contributed by atoms with Gasteiger partial charge in [0.05, 0.1) is 0 Å². The van der Waals surface area contributed by atoms with Crippen molar-refractivity contribution in [2.45, 2.75) is 20.0 Å². The van der Waals surface area contributed by atoms with Crippen LogP contribution in [0.1, 0.15) is 28.4 Å². The third-order valence-corrected chi connectivity index (χ3v) is 4.60. The van der Waals surface area contributed by atoms with Gasteiger partial charge in [-0.2, -0.15) is 0 Å². The molecule has 1 atom stereocenters. The van der Waals surface area contributed by atoms with Crippen molar-refractivity contribution in [1.82, 2.24) is 0 Å². The van der Waals surface area contributed by atoms with Gasteiger partial charge in [-0.3, -0.25) is 0 Å². The van der Waals surface area contributed by atoms with Crippen molar-refractivity contribution in [1.29, 1.82) is 0 Å². The number of hydrogen-bond acceptors (Lipinski definition) is 1. The largest absolute Gasteiger partial charge is 0.384 e. The predicted octanol–water partition coefficient (Wildman–Crippen LogP) is 4.75. The molecule has 0 aliphatic rings. The molecule has 2 aromatic carbocycles. The molecule has 0 saturated heterocycles. The second-order valence-corrected chi connectivity index (χ2v) is 6.51. The topological polar surface area (TPSA) is 20.2 Å². The highest BCUT2D eigenvalue weighted by atomic mass is 127. The van der Waals surface area contributed by atoms with E-state index in [0.29, 0.717) is 0 Å². The quantitative estimate of drug-likeness (QED) is 0.700. The summed E-state index contributed by atoms with van der Waals surface area (Å²) in [5.41, 5.74) is 4.14. The van der Waals surface area contributed by atoms with Gasteiger partial charge in [0.1, 0.15) is 6.10 Å². The molecular formula is C15H14BrIO. The smallest absolute Gasteiger partial charge is 0.104 e. The van der Waals surface area contributed by atoms with Gasteiger partial charge in [0.25, 0.3) is 0 Å². The molecule has 1 unspecified atom stereocenters. The van der Waals surface area contributed by atoms with E-state index in [0.717, 1.165) is 26.7 Å². The van der Waals surface area contributed by atoms with Gasteiger partial charge < -0.3 is 5.11 Å². The van der Waals surface area contributed by atoms with E-state index in [1.807, 2.05) is 44.2 Å². The maximum absolute atomic E-state index is 10.5. The van der Waals surface area contributed by atoms with Gasteiger partial charge in [-0.15, -0.1) is 0 Å². The van der Waals surface area contributed by atoms with E-state index in [4.69, 9.17) is 0 Å². The van der Waals surface area contributed by atoms with Crippen molar-refractivity contribution in [3.63, 3.8) is 0 Å². The van der Waals surface area contributed by atoms with Crippen molar-refractivity contribution in [3.8, 4) is 0 Å². The maximum Gasteiger partial charge on any atom is 0.104 e. The number of hydrogen-bond donors (Lipinski definition) is 1. The zero-order valence-corrected chi connectivity index (χ0v) is 14.0. The van der Waals surface area contributed by atoms with Crippen LogP contribution in [-0.4, -0.2) is 5.11 Å². The summed E-state index contributed by atoms with van der Waals surface area (Å²) >= 11 is 5.78. The zero-order valence-electron chi connectivity index (χ0n) is 10.2. The zero-order chi connectivity index (χ0) is 13.3. The van der Waals surface area contributed by atoms with Gasteiger partial charge in [-0.1, -0.05) is 34.1 Å². The summed E-state index contributed by atoms with van der Waals surface area (Å²) in [4.78, 5) is 0. The van der Waals surface area contributed by atoms with Crippen molar-refractivity contribution < 1.29 is 5.11 Å². The average Bonchev–Trinajstić information content (AvgIpc) is 2.34. The molecule has 0 spiro atoms. The van der Waals surface area contributed by atoms with Crippen molar-refractivity contribution >= 4 is 38.5 Å². The number of rotatable bonds is 2. The van der Waals surface area contributed by atoms with E-state index in [2.05, 4.69) is 44.6 Å². The van der Waals surface area contributed by atoms with Crippen molar-refractivity contribution in [2.75, 3.05) is 0 Å². The summed E-state index contributed by atoms with van der Waals surface area (Å²) in [6.45, 7) is 4.06. The Bertz CT molecular complexity index is 563. The molecule has 0 amide bonds. The molecule has 0 aliphatic heterocycles. The molecule has 1 nitrogen and oxygen atoms in total. The standard InChI is InChI=1S/C15H14BrIO/c1-9-8-14(16)10(2)7-13(9)15(18)11-3-5-12(17)6-4-11/h3-8,15,18H,1-2H3. The Labute approximate surface area is 130 Å². The lowest BCUT2D eigenvalue weighted by Crippen LogP contribution is -2.03. The minimum absolute atomic E-state index is 0.561. The highest BCUT2D eigenvalue weighted by molar-refractivity contribution is 14.1. The van der Waals surface area contributed by atoms with Crippen molar-refractivity contribution in [2.24, 2.45) is 0 Å². The molecule has 1 N–H and O–H groups in total. The van der Waals surface area contributed by atoms with E-state index < -0.39 is 6.10 Å². The lowest BCUT2D eigenvalue weighted by atomic mass is 9.96. The number of halogens is 2. The molecule has 0 radical (unpaired) electrons. The lowest BCUT2D eigenvalue weighted by Gasteiger charge is -2.16. The van der Waals surface area contributed by atoms with Crippen LogP contribution in [0.3, 0.4) is 0 Å². The Morgan fingerprint density at radius 3 is 2.28 bits per heavy atom. The van der Waals surface area contributed by atoms with Crippen LogP contribution in [0.4, 0.5) is 0 Å². The van der Waals surface area contributed by atoms with E-state index >= 15 is 0 Å². The van der Waals surface area contributed by atoms with Crippen LogP contribution in [0, 0.1) is 17.4 Å². The number of aliphatic hydroxyl groups is 1. The summed E-state index contributed by atoms with van der Waals surface area (Å²) < 4.78 is 2.26. The summed E-state index contributed by atoms with van der Waals surface area (Å²) in [5.74, 6) is 0. The first-order chi connectivity index (χ1) is 8.49. The van der Waals surface area contributed by atoms with E-state index in [1.165, 1.54) is 3.57 Å². The molecule has 18 heavy (non-hydrogen) atoms. The van der Waals surface area contributed by atoms with Gasteiger partial charge >= 0.3 is 0 Å². The minimum atomic E-state index is -0.561. The highest BCUT2D eigenvalue weighted by Crippen LogP contribution is 2.29. The van der Waals surface area contributed by atoms with Crippen molar-refractivity contribution in [3.05, 3.63) is 66.7 Å². The van der Waals surface area contributed by atoms with Crippen LogP contribution in [0.15, 0.2) is 40.9 Å². The molecule has 0 heterocycles. The van der Waals surface area contributed by atoms with Crippen LogP contribution >= 0.6 is 38.5 Å². The second kappa shape index (κ2) is 5.72. The SMILES string of the molecule is Cc1cc(C(O)c2ccc(I)cc2)c(C)cc1Br. The molecular weight excluding hydrogens is 403 g/mol. The molecule has 0 fully saturated rings. The van der Waals surface area contributed by atoms with Gasteiger partial charge in [0.15, 0.2) is 0 Å². The number of aryl methyl sites for hydroxylation is 2. The number of benzene rings is 2. The van der Waals surface area contributed by atoms with Crippen LogP contribution in [0.2, 0.25) is 0 Å². The van der Waals surface area contributed by atoms with Crippen LogP contribution < -0.4 is 0 Å². The van der Waals surface area contributed by atoms with Crippen LogP contribution in [0.25, 0.3) is 0 Å². The van der Waals surface area contributed by atoms with E-state index in [1.54, 1.807) is 0 Å². The second-order valence-electron chi connectivity index (χ2n) is 4.41. The minimum Gasteiger partial charge on any atom is -0.384 e. The summed E-state index contributed by atoms with van der Waals surface area (Å²) in [6, 6.07) is 12.1. The molecule has 94 valence electrons. The van der Waals surface area contributed by atoms with E-state index in [-0.39, 0.29) is 0 Å². The number of aliphatic hydroxyl groups excluding tert-OH is 1. The molecule has 2 rings (SSSR count). The predicted molar refractivity (Wildman–Crippen MR) is 86.8 cm³/mol. The van der Waals surface area contributed by atoms with Gasteiger partial charge in [-0.25, -0.2) is 0 Å². The molecule has 0 saturated carbocycles. The summed E-state index contributed by atoms with van der Waals surface area (Å²) in [7, 11) is 0. The Morgan fingerprint density at radius 1 is 1.06 bits per heavy atom. The monoisotopic (exact) mass is 416 g/mol. The fourth-order valence-corrected chi connectivity index (χ4v) is 2.74. The molecule has 0 aliphatic carbocycles. The highest BCUT2D eigenvalue weighted by Gasteiger charge is 2.14. The maximum atomic E-state index is 10.5. The normalized spacial score (nSPS) is 12.5. The molecule has 0 bridgehead atoms. The Balaban J connectivity index is 2.42. The Morgan fingerprint density at radius 2 is 1.67 bits per heavy atom. The van der Waals surface area contributed by atoms with Gasteiger partial charge in [0, 0.05) is 8.04 Å². The third kappa shape index (κ3) is 2.95. The summed E-state index contributed by atoms with van der Waals surface area (Å²) in [5, 5.41) is 10.5. The van der Waals surface area contributed by atoms with Gasteiger partial charge in [-0.05, 0) is 76.9 Å². The Kier molecular flexibility index (Phi) is 4.45. The fraction of sp³-hybridized carbons (Fsp3) is 0.200. The first-order valence-electron chi connectivity index (χ1n) is 5.69. The van der Waals surface area contributed by atoms with E-state index in [9.17, 15) is 5.11 Å². The third-order valence-electron chi connectivity index (χ3n) is 3.03. The van der Waals surface area contributed by atoms with Crippen LogP contribution in [0.5, 0.6) is 0 Å². The first kappa shape index (κ1) is 14.0. The molecule has 3 heteroatoms. The molecule has 2 aromatic rings. The fourth-order valence-electron chi connectivity index (χ4n) is 1.92. The van der Waals surface area contributed by atoms with Gasteiger partial charge in [0.2, 0.25) is 0 Å². The summed E-state index contributed by atoms with van der Waals surface area (Å²) in [6.07, 6.45) is -0.561. The average molecular weight is 417 g/mol. The van der Waals surface area contributed by atoms with Crippen LogP contribution in [-0.2, 0) is 0 Å². The first-order valence-corrected chi connectivity index (χ1v) is 7.56. The lowest BCUT2D eigenvalue weighted by molar-refractivity contribution is 0.219. The Hall–Kier alpha value is -0.390. The molecule has 0 aromatic heterocycles.